The van der Waals surface area contributed by atoms with Crippen molar-refractivity contribution in [2.75, 3.05) is 19.7 Å². The van der Waals surface area contributed by atoms with Gasteiger partial charge >= 0.3 is 0 Å². The van der Waals surface area contributed by atoms with Crippen molar-refractivity contribution < 1.29 is 17.5 Å². The lowest BCUT2D eigenvalue weighted by atomic mass is 10.2. The third-order valence-corrected chi connectivity index (χ3v) is 5.41. The van der Waals surface area contributed by atoms with Crippen LogP contribution in [0.1, 0.15) is 18.9 Å². The largest absolute Gasteiger partial charge is 0.377 e. The van der Waals surface area contributed by atoms with Gasteiger partial charge in [0.05, 0.1) is 6.10 Å². The van der Waals surface area contributed by atoms with E-state index in [0.717, 1.165) is 6.07 Å². The molecule has 1 saturated heterocycles. The molecule has 1 aromatic carbocycles. The number of rotatable bonds is 3. The van der Waals surface area contributed by atoms with E-state index in [4.69, 9.17) is 22.1 Å². The fourth-order valence-electron chi connectivity index (χ4n) is 2.27. The van der Waals surface area contributed by atoms with E-state index in [1.54, 1.807) is 6.92 Å². The Morgan fingerprint density at radius 1 is 1.52 bits per heavy atom. The third-order valence-electron chi connectivity index (χ3n) is 3.33. The van der Waals surface area contributed by atoms with Gasteiger partial charge in [0.1, 0.15) is 10.7 Å². The van der Waals surface area contributed by atoms with Crippen LogP contribution in [0.15, 0.2) is 17.0 Å². The van der Waals surface area contributed by atoms with Gasteiger partial charge in [-0.3, -0.25) is 0 Å². The minimum absolute atomic E-state index is 0.0835. The zero-order valence-electron chi connectivity index (χ0n) is 11.7. The minimum Gasteiger partial charge on any atom is -0.377 e. The van der Waals surface area contributed by atoms with E-state index in [-0.39, 0.29) is 36.3 Å². The van der Waals surface area contributed by atoms with Crippen molar-refractivity contribution in [3.63, 3.8) is 0 Å². The van der Waals surface area contributed by atoms with E-state index in [1.165, 1.54) is 10.4 Å². The molecule has 1 fully saturated rings. The Morgan fingerprint density at radius 2 is 2.24 bits per heavy atom. The van der Waals surface area contributed by atoms with Gasteiger partial charge < -0.3 is 10.5 Å². The molecule has 0 saturated carbocycles. The fourth-order valence-corrected chi connectivity index (χ4v) is 4.26. The Bertz CT molecular complexity index is 624. The summed E-state index contributed by atoms with van der Waals surface area (Å²) in [5, 5.41) is 0.148. The first-order valence-electron chi connectivity index (χ1n) is 6.66. The van der Waals surface area contributed by atoms with Crippen molar-refractivity contribution in [1.29, 1.82) is 0 Å². The van der Waals surface area contributed by atoms with Gasteiger partial charge in [-0.1, -0.05) is 11.6 Å². The number of halogens is 2. The summed E-state index contributed by atoms with van der Waals surface area (Å²) in [7, 11) is -3.97. The van der Waals surface area contributed by atoms with Gasteiger partial charge in [0, 0.05) is 36.8 Å². The Kier molecular flexibility index (Phi) is 5.21. The van der Waals surface area contributed by atoms with Crippen LogP contribution in [0.4, 0.5) is 4.39 Å². The first-order valence-corrected chi connectivity index (χ1v) is 8.47. The lowest BCUT2D eigenvalue weighted by Gasteiger charge is -2.22. The first-order chi connectivity index (χ1) is 9.86. The summed E-state index contributed by atoms with van der Waals surface area (Å²) in [5.74, 6) is -0.834. The summed E-state index contributed by atoms with van der Waals surface area (Å²) in [6.07, 6.45) is 0.327. The molecule has 0 spiro atoms. The van der Waals surface area contributed by atoms with Gasteiger partial charge in [0.15, 0.2) is 0 Å². The second kappa shape index (κ2) is 6.58. The lowest BCUT2D eigenvalue weighted by Crippen LogP contribution is -2.36. The topological polar surface area (TPSA) is 72.6 Å². The predicted molar refractivity (Wildman–Crippen MR) is 78.1 cm³/mol. The second-order valence-electron chi connectivity index (χ2n) is 4.98. The summed E-state index contributed by atoms with van der Waals surface area (Å²) in [4.78, 5) is -0.426. The van der Waals surface area contributed by atoms with Crippen molar-refractivity contribution in [2.24, 2.45) is 5.73 Å². The summed E-state index contributed by atoms with van der Waals surface area (Å²) in [6.45, 7) is 2.63. The molecule has 1 aliphatic rings. The standard InChI is InChI=1S/C13H18ClFN2O3S/c1-9-8-17(3-2-4-20-9)21(18,19)12-6-11(14)5-10(7-16)13(12)15/h5-6,9H,2-4,7-8,16H2,1H3. The normalized spacial score (nSPS) is 21.2. The van der Waals surface area contributed by atoms with E-state index >= 15 is 0 Å². The van der Waals surface area contributed by atoms with Crippen LogP contribution >= 0.6 is 11.6 Å². The van der Waals surface area contributed by atoms with Crippen LogP contribution in [0.5, 0.6) is 0 Å². The van der Waals surface area contributed by atoms with E-state index in [2.05, 4.69) is 0 Å². The molecule has 1 atom stereocenters. The van der Waals surface area contributed by atoms with Crippen LogP contribution in [0.25, 0.3) is 0 Å². The molecule has 21 heavy (non-hydrogen) atoms. The molecule has 0 aliphatic carbocycles. The molecule has 8 heteroatoms. The zero-order chi connectivity index (χ0) is 15.6. The van der Waals surface area contributed by atoms with Gasteiger partial charge in [0.2, 0.25) is 10.0 Å². The van der Waals surface area contributed by atoms with E-state index < -0.39 is 20.7 Å². The van der Waals surface area contributed by atoms with Gasteiger partial charge in [-0.25, -0.2) is 12.8 Å². The molecular formula is C13H18ClFN2O3S. The number of benzene rings is 1. The minimum atomic E-state index is -3.97. The van der Waals surface area contributed by atoms with Gasteiger partial charge in [-0.05, 0) is 25.5 Å². The van der Waals surface area contributed by atoms with Crippen LogP contribution in [0.2, 0.25) is 5.02 Å². The monoisotopic (exact) mass is 336 g/mol. The van der Waals surface area contributed by atoms with Crippen LogP contribution in [0, 0.1) is 5.82 Å². The third kappa shape index (κ3) is 3.54. The van der Waals surface area contributed by atoms with Gasteiger partial charge in [0.25, 0.3) is 0 Å². The molecule has 118 valence electrons. The van der Waals surface area contributed by atoms with E-state index in [0.29, 0.717) is 13.0 Å². The second-order valence-corrected chi connectivity index (χ2v) is 7.32. The molecule has 1 aliphatic heterocycles. The predicted octanol–water partition coefficient (Wildman–Crippen LogP) is 1.74. The number of sulfonamides is 1. The van der Waals surface area contributed by atoms with Crippen LogP contribution in [-0.4, -0.2) is 38.5 Å². The summed E-state index contributed by atoms with van der Waals surface area (Å²) >= 11 is 5.88. The lowest BCUT2D eigenvalue weighted by molar-refractivity contribution is 0.0752. The van der Waals surface area contributed by atoms with Crippen molar-refractivity contribution in [3.8, 4) is 0 Å². The average molecular weight is 337 g/mol. The molecule has 2 rings (SSSR count). The zero-order valence-corrected chi connectivity index (χ0v) is 13.3. The Morgan fingerprint density at radius 3 is 2.90 bits per heavy atom. The highest BCUT2D eigenvalue weighted by atomic mass is 35.5. The highest BCUT2D eigenvalue weighted by Gasteiger charge is 2.31. The molecule has 1 heterocycles. The molecule has 0 radical (unpaired) electrons. The maximum Gasteiger partial charge on any atom is 0.246 e. The quantitative estimate of drug-likeness (QED) is 0.912. The van der Waals surface area contributed by atoms with Crippen molar-refractivity contribution >= 4 is 21.6 Å². The van der Waals surface area contributed by atoms with Crippen molar-refractivity contribution in [2.45, 2.75) is 30.9 Å². The Hall–Kier alpha value is -0.730. The Labute approximate surface area is 128 Å². The van der Waals surface area contributed by atoms with Crippen molar-refractivity contribution in [3.05, 3.63) is 28.5 Å². The van der Waals surface area contributed by atoms with E-state index in [1.807, 2.05) is 0 Å². The summed E-state index contributed by atoms with van der Waals surface area (Å²) in [6, 6.07) is 2.46. The van der Waals surface area contributed by atoms with Crippen LogP contribution < -0.4 is 5.73 Å². The smallest absolute Gasteiger partial charge is 0.246 e. The van der Waals surface area contributed by atoms with E-state index in [9.17, 15) is 12.8 Å². The fraction of sp³-hybridized carbons (Fsp3) is 0.538. The molecule has 1 unspecified atom stereocenters. The molecule has 0 bridgehead atoms. The number of nitrogens with zero attached hydrogens (tertiary/aromatic N) is 1. The molecule has 2 N–H and O–H groups in total. The number of ether oxygens (including phenoxy) is 1. The SMILES string of the molecule is CC1CN(S(=O)(=O)c2cc(Cl)cc(CN)c2F)CCCO1. The molecule has 0 amide bonds. The van der Waals surface area contributed by atoms with Gasteiger partial charge in [-0.2, -0.15) is 4.31 Å². The molecular weight excluding hydrogens is 319 g/mol. The number of nitrogens with two attached hydrogens (primary N) is 1. The van der Waals surface area contributed by atoms with Gasteiger partial charge in [-0.15, -0.1) is 0 Å². The van der Waals surface area contributed by atoms with Crippen molar-refractivity contribution in [1.82, 2.24) is 4.31 Å². The molecule has 1 aromatic rings. The number of hydrogen-bond acceptors (Lipinski definition) is 4. The highest BCUT2D eigenvalue weighted by molar-refractivity contribution is 7.89. The van der Waals surface area contributed by atoms with Crippen LogP contribution in [0.3, 0.4) is 0 Å². The Balaban J connectivity index is 2.46. The maximum absolute atomic E-state index is 14.3. The first kappa shape index (κ1) is 16.6. The maximum atomic E-state index is 14.3. The highest BCUT2D eigenvalue weighted by Crippen LogP contribution is 2.27. The molecule has 0 aromatic heterocycles. The van der Waals surface area contributed by atoms with Crippen LogP contribution in [-0.2, 0) is 21.3 Å². The molecule has 5 nitrogen and oxygen atoms in total. The number of hydrogen-bond donors (Lipinski definition) is 1. The summed E-state index contributed by atoms with van der Waals surface area (Å²) in [5.41, 5.74) is 5.51. The summed E-state index contributed by atoms with van der Waals surface area (Å²) < 4.78 is 46.3. The average Bonchev–Trinajstić information content (AvgIpc) is 2.66.